The van der Waals surface area contributed by atoms with Crippen LogP contribution in [0.5, 0.6) is 0 Å². The van der Waals surface area contributed by atoms with Gasteiger partial charge in [0.25, 0.3) is 0 Å². The summed E-state index contributed by atoms with van der Waals surface area (Å²) >= 11 is 0. The number of pyridine rings is 1. The summed E-state index contributed by atoms with van der Waals surface area (Å²) in [5.74, 6) is -0.408. The smallest absolute Gasteiger partial charge is 0.177 e. The number of aryl methyl sites for hydroxylation is 1. The molecule has 10 heteroatoms. The Labute approximate surface area is 171 Å². The van der Waals surface area contributed by atoms with E-state index in [1.54, 1.807) is 29.7 Å². The van der Waals surface area contributed by atoms with Crippen molar-refractivity contribution in [3.8, 4) is 5.82 Å². The first-order chi connectivity index (χ1) is 14.1. The summed E-state index contributed by atoms with van der Waals surface area (Å²) in [6.07, 6.45) is 2.61. The van der Waals surface area contributed by atoms with E-state index in [2.05, 4.69) is 20.5 Å². The van der Waals surface area contributed by atoms with E-state index < -0.39 is 27.5 Å². The first-order valence-electron chi connectivity index (χ1n) is 9.09. The minimum atomic E-state index is -3.50. The zero-order chi connectivity index (χ0) is 21.6. The average Bonchev–Trinajstić information content (AvgIpc) is 3.24. The van der Waals surface area contributed by atoms with Gasteiger partial charge in [-0.2, -0.15) is 5.10 Å². The van der Waals surface area contributed by atoms with Gasteiger partial charge in [0.05, 0.1) is 10.9 Å². The molecule has 0 aliphatic heterocycles. The van der Waals surface area contributed by atoms with Crippen LogP contribution in [0.25, 0.3) is 16.9 Å². The molecule has 0 unspecified atom stereocenters. The molecule has 4 rings (SSSR count). The lowest BCUT2D eigenvalue weighted by molar-refractivity contribution is 0.566. The number of H-pyrrole nitrogens is 1. The zero-order valence-electron chi connectivity index (χ0n) is 16.4. The van der Waals surface area contributed by atoms with E-state index in [0.29, 0.717) is 22.7 Å². The molecule has 3 aromatic heterocycles. The van der Waals surface area contributed by atoms with Crippen molar-refractivity contribution >= 4 is 26.7 Å². The highest BCUT2D eigenvalue weighted by Gasteiger charge is 2.21. The van der Waals surface area contributed by atoms with Crippen molar-refractivity contribution < 1.29 is 17.2 Å². The van der Waals surface area contributed by atoms with Crippen molar-refractivity contribution in [2.24, 2.45) is 0 Å². The number of aromatic amines is 1. The summed E-state index contributed by atoms with van der Waals surface area (Å²) in [4.78, 5) is 4.68. The molecule has 1 aromatic carbocycles. The van der Waals surface area contributed by atoms with E-state index in [0.717, 1.165) is 18.0 Å². The third kappa shape index (κ3) is 3.65. The molecule has 0 fully saturated rings. The van der Waals surface area contributed by atoms with Crippen LogP contribution in [0.15, 0.2) is 47.5 Å². The fourth-order valence-corrected chi connectivity index (χ4v) is 4.16. The van der Waals surface area contributed by atoms with Crippen molar-refractivity contribution in [2.75, 3.05) is 11.6 Å². The number of aromatic nitrogens is 4. The maximum Gasteiger partial charge on any atom is 0.177 e. The topological polar surface area (TPSA) is 92.7 Å². The lowest BCUT2D eigenvalue weighted by atomic mass is 10.1. The van der Waals surface area contributed by atoms with Gasteiger partial charge >= 0.3 is 0 Å². The largest absolute Gasteiger partial charge is 0.363 e. The number of hydrogen-bond acceptors (Lipinski definition) is 5. The number of nitrogens with one attached hydrogen (secondary N) is 2. The highest BCUT2D eigenvalue weighted by Crippen LogP contribution is 2.29. The normalized spacial score (nSPS) is 13.0. The zero-order valence-corrected chi connectivity index (χ0v) is 17.3. The summed E-state index contributed by atoms with van der Waals surface area (Å²) in [7, 11) is -3.50. The van der Waals surface area contributed by atoms with Gasteiger partial charge in [-0.3, -0.25) is 9.67 Å². The van der Waals surface area contributed by atoms with Crippen LogP contribution in [-0.4, -0.2) is 34.4 Å². The highest BCUT2D eigenvalue weighted by atomic mass is 32.2. The van der Waals surface area contributed by atoms with Crippen LogP contribution in [0, 0.1) is 18.6 Å². The third-order valence-corrected chi connectivity index (χ3v) is 5.87. The second-order valence-electron chi connectivity index (χ2n) is 7.14. The molecule has 30 heavy (non-hydrogen) atoms. The molecule has 0 spiro atoms. The second-order valence-corrected chi connectivity index (χ2v) is 9.13. The van der Waals surface area contributed by atoms with Gasteiger partial charge < -0.3 is 5.32 Å². The number of halogens is 2. The lowest BCUT2D eigenvalue weighted by Crippen LogP contribution is -2.10. The predicted molar refractivity (Wildman–Crippen MR) is 109 cm³/mol. The number of benzene rings is 1. The predicted octanol–water partition coefficient (Wildman–Crippen LogP) is 3.91. The molecule has 0 saturated heterocycles. The molecular formula is C20H19F2N5O2S. The van der Waals surface area contributed by atoms with E-state index in [1.165, 1.54) is 18.3 Å². The fraction of sp³-hybridized carbons (Fsp3) is 0.200. The number of rotatable bonds is 5. The van der Waals surface area contributed by atoms with Crippen LogP contribution in [0.4, 0.5) is 14.6 Å². The summed E-state index contributed by atoms with van der Waals surface area (Å²) in [6, 6.07) is 7.92. The van der Waals surface area contributed by atoms with Crippen LogP contribution in [0.1, 0.15) is 24.2 Å². The van der Waals surface area contributed by atoms with Crippen molar-refractivity contribution in [1.29, 1.82) is 0 Å². The molecule has 0 bridgehead atoms. The van der Waals surface area contributed by atoms with E-state index in [9.17, 15) is 17.2 Å². The van der Waals surface area contributed by atoms with Gasteiger partial charge in [0.15, 0.2) is 15.7 Å². The van der Waals surface area contributed by atoms with Crippen LogP contribution >= 0.6 is 0 Å². The Kier molecular flexibility index (Phi) is 4.81. The van der Waals surface area contributed by atoms with Gasteiger partial charge in [-0.25, -0.2) is 22.2 Å². The second kappa shape index (κ2) is 7.21. The first kappa shape index (κ1) is 20.0. The summed E-state index contributed by atoms with van der Waals surface area (Å²) in [6.45, 7) is 3.55. The lowest BCUT2D eigenvalue weighted by Gasteiger charge is -2.16. The Bertz CT molecular complexity index is 1360. The molecule has 3 heterocycles. The van der Waals surface area contributed by atoms with Crippen LogP contribution in [0.3, 0.4) is 0 Å². The Morgan fingerprint density at radius 1 is 1.17 bits per heavy atom. The quantitative estimate of drug-likeness (QED) is 0.500. The Morgan fingerprint density at radius 2 is 1.93 bits per heavy atom. The molecule has 156 valence electrons. The van der Waals surface area contributed by atoms with E-state index in [-0.39, 0.29) is 10.5 Å². The first-order valence-corrected chi connectivity index (χ1v) is 11.0. The van der Waals surface area contributed by atoms with Gasteiger partial charge in [-0.05, 0) is 32.0 Å². The molecule has 0 amide bonds. The molecule has 1 atom stereocenters. The number of anilines is 1. The van der Waals surface area contributed by atoms with Gasteiger partial charge in [-0.1, -0.05) is 6.07 Å². The van der Waals surface area contributed by atoms with Crippen molar-refractivity contribution in [3.63, 3.8) is 0 Å². The Balaban J connectivity index is 1.79. The minimum Gasteiger partial charge on any atom is -0.363 e. The monoisotopic (exact) mass is 431 g/mol. The Hall–Kier alpha value is -3.27. The SMILES string of the molecule is Cc1cc(-n2cc(S(C)(=O)=O)c3ccc(N[C@@H](C)c4ccc(F)cc4F)nc32)n[nH]1. The molecular weight excluding hydrogens is 412 g/mol. The molecule has 7 nitrogen and oxygen atoms in total. The van der Waals surface area contributed by atoms with Gasteiger partial charge in [-0.15, -0.1) is 0 Å². The highest BCUT2D eigenvalue weighted by molar-refractivity contribution is 7.91. The molecule has 0 aliphatic carbocycles. The van der Waals surface area contributed by atoms with E-state index >= 15 is 0 Å². The Morgan fingerprint density at radius 3 is 2.57 bits per heavy atom. The summed E-state index contributed by atoms with van der Waals surface area (Å²) in [5.41, 5.74) is 1.48. The fourth-order valence-electron chi connectivity index (χ4n) is 3.30. The van der Waals surface area contributed by atoms with Crippen molar-refractivity contribution in [1.82, 2.24) is 19.7 Å². The van der Waals surface area contributed by atoms with Crippen molar-refractivity contribution in [3.05, 3.63) is 65.5 Å². The standard InChI is InChI=1S/C20H19F2N5O2S/c1-11-8-19(26-25-11)27-10-17(30(3,28)29)15-6-7-18(24-20(15)27)23-12(2)14-5-4-13(21)9-16(14)22/h4-10,12H,1-3H3,(H,23,24)(H,25,26)/t12-/m0/s1. The van der Waals surface area contributed by atoms with Gasteiger partial charge in [0, 0.05) is 41.2 Å². The van der Waals surface area contributed by atoms with Crippen molar-refractivity contribution in [2.45, 2.75) is 24.8 Å². The number of nitrogens with zero attached hydrogens (tertiary/aromatic N) is 3. The molecule has 0 aliphatic rings. The maximum absolute atomic E-state index is 14.1. The molecule has 2 N–H and O–H groups in total. The van der Waals surface area contributed by atoms with Gasteiger partial charge in [0.1, 0.15) is 23.1 Å². The average molecular weight is 431 g/mol. The minimum absolute atomic E-state index is 0.134. The summed E-state index contributed by atoms with van der Waals surface area (Å²) < 4.78 is 53.4. The van der Waals surface area contributed by atoms with Crippen LogP contribution < -0.4 is 5.32 Å². The van der Waals surface area contributed by atoms with Crippen LogP contribution in [0.2, 0.25) is 0 Å². The van der Waals surface area contributed by atoms with Crippen LogP contribution in [-0.2, 0) is 9.84 Å². The number of sulfone groups is 1. The third-order valence-electron chi connectivity index (χ3n) is 4.75. The molecule has 0 saturated carbocycles. The van der Waals surface area contributed by atoms with Gasteiger partial charge in [0.2, 0.25) is 0 Å². The maximum atomic E-state index is 14.1. The number of fused-ring (bicyclic) bond motifs is 1. The summed E-state index contributed by atoms with van der Waals surface area (Å²) in [5, 5.41) is 10.5. The molecule has 4 aromatic rings. The van der Waals surface area contributed by atoms with E-state index in [4.69, 9.17) is 0 Å². The van der Waals surface area contributed by atoms with E-state index in [1.807, 2.05) is 6.92 Å². The molecule has 0 radical (unpaired) electrons. The number of hydrogen-bond donors (Lipinski definition) is 2.